The molecule has 0 saturated carbocycles. The van der Waals surface area contributed by atoms with Gasteiger partial charge in [0, 0.05) is 12.1 Å². The van der Waals surface area contributed by atoms with Gasteiger partial charge < -0.3 is 5.73 Å². The Hall–Kier alpha value is -1.81. The standard InChI is InChI=1S/C11H10FN3/c12-9-3-1-8(2-4-9)11-5-10(6-13)14-7-15-11/h1-5,7H,6,13H2. The Labute approximate surface area is 86.8 Å². The molecule has 15 heavy (non-hydrogen) atoms. The van der Waals surface area contributed by atoms with Gasteiger partial charge in [0.1, 0.15) is 12.1 Å². The van der Waals surface area contributed by atoms with Gasteiger partial charge in [0.05, 0.1) is 11.4 Å². The molecule has 0 aliphatic heterocycles. The Morgan fingerprint density at radius 1 is 1.13 bits per heavy atom. The molecule has 76 valence electrons. The van der Waals surface area contributed by atoms with E-state index in [4.69, 9.17) is 5.73 Å². The second-order valence-corrected chi connectivity index (χ2v) is 3.11. The molecule has 0 fully saturated rings. The van der Waals surface area contributed by atoms with Crippen molar-refractivity contribution < 1.29 is 4.39 Å². The first kappa shape index (κ1) is 9.73. The first-order valence-corrected chi connectivity index (χ1v) is 4.56. The molecular weight excluding hydrogens is 193 g/mol. The zero-order valence-electron chi connectivity index (χ0n) is 8.02. The lowest BCUT2D eigenvalue weighted by atomic mass is 10.1. The van der Waals surface area contributed by atoms with Crippen molar-refractivity contribution in [1.29, 1.82) is 0 Å². The first-order valence-electron chi connectivity index (χ1n) is 4.56. The van der Waals surface area contributed by atoms with Gasteiger partial charge >= 0.3 is 0 Å². The lowest BCUT2D eigenvalue weighted by Gasteiger charge is -2.01. The van der Waals surface area contributed by atoms with Gasteiger partial charge in [-0.05, 0) is 30.3 Å². The zero-order valence-corrected chi connectivity index (χ0v) is 8.02. The van der Waals surface area contributed by atoms with E-state index in [0.29, 0.717) is 6.54 Å². The minimum absolute atomic E-state index is 0.258. The molecule has 0 aliphatic carbocycles. The third-order valence-corrected chi connectivity index (χ3v) is 2.07. The van der Waals surface area contributed by atoms with E-state index >= 15 is 0 Å². The van der Waals surface area contributed by atoms with Crippen molar-refractivity contribution >= 4 is 0 Å². The number of nitrogens with zero attached hydrogens (tertiary/aromatic N) is 2. The summed E-state index contributed by atoms with van der Waals surface area (Å²) in [7, 11) is 0. The van der Waals surface area contributed by atoms with Crippen LogP contribution in [0.25, 0.3) is 11.3 Å². The Morgan fingerprint density at radius 3 is 2.53 bits per heavy atom. The van der Waals surface area contributed by atoms with Crippen LogP contribution in [0.5, 0.6) is 0 Å². The molecule has 0 amide bonds. The molecule has 4 heteroatoms. The van der Waals surface area contributed by atoms with Crippen molar-refractivity contribution in [2.45, 2.75) is 6.54 Å². The molecular formula is C11H10FN3. The predicted octanol–water partition coefficient (Wildman–Crippen LogP) is 1.74. The summed E-state index contributed by atoms with van der Waals surface area (Å²) in [6, 6.07) is 7.96. The number of hydrogen-bond donors (Lipinski definition) is 1. The maximum absolute atomic E-state index is 12.7. The fourth-order valence-corrected chi connectivity index (χ4v) is 1.29. The van der Waals surface area contributed by atoms with E-state index in [-0.39, 0.29) is 5.82 Å². The molecule has 0 spiro atoms. The third-order valence-electron chi connectivity index (χ3n) is 2.07. The van der Waals surface area contributed by atoms with E-state index in [9.17, 15) is 4.39 Å². The number of hydrogen-bond acceptors (Lipinski definition) is 3. The van der Waals surface area contributed by atoms with Crippen molar-refractivity contribution in [1.82, 2.24) is 9.97 Å². The van der Waals surface area contributed by atoms with E-state index < -0.39 is 0 Å². The Morgan fingerprint density at radius 2 is 1.87 bits per heavy atom. The summed E-state index contributed by atoms with van der Waals surface area (Å²) in [4.78, 5) is 8.09. The lowest BCUT2D eigenvalue weighted by molar-refractivity contribution is 0.628. The van der Waals surface area contributed by atoms with E-state index in [0.717, 1.165) is 17.0 Å². The summed E-state index contributed by atoms with van der Waals surface area (Å²) in [5, 5.41) is 0. The molecule has 2 rings (SSSR count). The van der Waals surface area contributed by atoms with E-state index in [2.05, 4.69) is 9.97 Å². The Kier molecular flexibility index (Phi) is 2.69. The van der Waals surface area contributed by atoms with Gasteiger partial charge in [-0.25, -0.2) is 14.4 Å². The molecule has 0 unspecified atom stereocenters. The molecule has 0 saturated heterocycles. The van der Waals surface area contributed by atoms with E-state index in [1.807, 2.05) is 0 Å². The summed E-state index contributed by atoms with van der Waals surface area (Å²) in [5.41, 5.74) is 7.85. The highest BCUT2D eigenvalue weighted by molar-refractivity contribution is 5.58. The number of benzene rings is 1. The van der Waals surface area contributed by atoms with Crippen molar-refractivity contribution in [3.8, 4) is 11.3 Å². The monoisotopic (exact) mass is 203 g/mol. The van der Waals surface area contributed by atoms with Gasteiger partial charge in [-0.3, -0.25) is 0 Å². The summed E-state index contributed by atoms with van der Waals surface area (Å²) in [5.74, 6) is -0.258. The van der Waals surface area contributed by atoms with Crippen molar-refractivity contribution in [3.63, 3.8) is 0 Å². The molecule has 0 bridgehead atoms. The van der Waals surface area contributed by atoms with Crippen molar-refractivity contribution in [2.24, 2.45) is 5.73 Å². The van der Waals surface area contributed by atoms with Gasteiger partial charge in [-0.2, -0.15) is 0 Å². The normalized spacial score (nSPS) is 10.3. The number of aromatic nitrogens is 2. The summed E-state index contributed by atoms with van der Waals surface area (Å²) < 4.78 is 12.7. The van der Waals surface area contributed by atoms with Gasteiger partial charge in [0.15, 0.2) is 0 Å². The fraction of sp³-hybridized carbons (Fsp3) is 0.0909. The Bertz CT molecular complexity index is 454. The van der Waals surface area contributed by atoms with Gasteiger partial charge in [-0.15, -0.1) is 0 Å². The highest BCUT2D eigenvalue weighted by atomic mass is 19.1. The van der Waals surface area contributed by atoms with E-state index in [1.165, 1.54) is 18.5 Å². The topological polar surface area (TPSA) is 51.8 Å². The molecule has 1 heterocycles. The van der Waals surface area contributed by atoms with Crippen LogP contribution in [0.3, 0.4) is 0 Å². The molecule has 1 aromatic heterocycles. The predicted molar refractivity (Wildman–Crippen MR) is 55.3 cm³/mol. The maximum atomic E-state index is 12.7. The van der Waals surface area contributed by atoms with Gasteiger partial charge in [0.2, 0.25) is 0 Å². The van der Waals surface area contributed by atoms with Gasteiger partial charge in [-0.1, -0.05) is 0 Å². The average molecular weight is 203 g/mol. The van der Waals surface area contributed by atoms with Crippen LogP contribution in [-0.4, -0.2) is 9.97 Å². The number of halogens is 1. The van der Waals surface area contributed by atoms with Crippen LogP contribution in [0, 0.1) is 5.82 Å². The van der Waals surface area contributed by atoms with Crippen LogP contribution in [-0.2, 0) is 6.54 Å². The summed E-state index contributed by atoms with van der Waals surface area (Å²) in [6.07, 6.45) is 1.46. The SMILES string of the molecule is NCc1cc(-c2ccc(F)cc2)ncn1. The second-order valence-electron chi connectivity index (χ2n) is 3.11. The average Bonchev–Trinajstić information content (AvgIpc) is 2.30. The number of rotatable bonds is 2. The summed E-state index contributed by atoms with van der Waals surface area (Å²) in [6.45, 7) is 0.372. The highest BCUT2D eigenvalue weighted by Crippen LogP contribution is 2.16. The highest BCUT2D eigenvalue weighted by Gasteiger charge is 2.00. The van der Waals surface area contributed by atoms with Crippen LogP contribution in [0.15, 0.2) is 36.7 Å². The molecule has 2 N–H and O–H groups in total. The molecule has 3 nitrogen and oxygen atoms in total. The molecule has 0 atom stereocenters. The number of nitrogens with two attached hydrogens (primary N) is 1. The van der Waals surface area contributed by atoms with Crippen LogP contribution in [0.2, 0.25) is 0 Å². The third kappa shape index (κ3) is 2.16. The molecule has 0 aliphatic rings. The minimum Gasteiger partial charge on any atom is -0.325 e. The quantitative estimate of drug-likeness (QED) is 0.808. The lowest BCUT2D eigenvalue weighted by Crippen LogP contribution is -2.00. The second kappa shape index (κ2) is 4.14. The molecule has 2 aromatic rings. The fourth-order valence-electron chi connectivity index (χ4n) is 1.29. The van der Waals surface area contributed by atoms with Crippen molar-refractivity contribution in [2.75, 3.05) is 0 Å². The van der Waals surface area contributed by atoms with Crippen LogP contribution in [0.4, 0.5) is 4.39 Å². The Balaban J connectivity index is 2.40. The molecule has 0 radical (unpaired) electrons. The molecule has 1 aromatic carbocycles. The first-order chi connectivity index (χ1) is 7.29. The van der Waals surface area contributed by atoms with Crippen LogP contribution in [0.1, 0.15) is 5.69 Å². The van der Waals surface area contributed by atoms with Crippen LogP contribution < -0.4 is 5.73 Å². The van der Waals surface area contributed by atoms with Crippen LogP contribution >= 0.6 is 0 Å². The van der Waals surface area contributed by atoms with Gasteiger partial charge in [0.25, 0.3) is 0 Å². The van der Waals surface area contributed by atoms with E-state index in [1.54, 1.807) is 18.2 Å². The largest absolute Gasteiger partial charge is 0.325 e. The smallest absolute Gasteiger partial charge is 0.123 e. The maximum Gasteiger partial charge on any atom is 0.123 e. The minimum atomic E-state index is -0.258. The summed E-state index contributed by atoms with van der Waals surface area (Å²) >= 11 is 0. The van der Waals surface area contributed by atoms with Crippen molar-refractivity contribution in [3.05, 3.63) is 48.2 Å². The zero-order chi connectivity index (χ0) is 10.7.